The Hall–Kier alpha value is -2.27. The van der Waals surface area contributed by atoms with E-state index < -0.39 is 0 Å². The Labute approximate surface area is 128 Å². The molecule has 110 valence electrons. The molecule has 0 saturated carbocycles. The van der Waals surface area contributed by atoms with Crippen LogP contribution in [-0.2, 0) is 6.54 Å². The van der Waals surface area contributed by atoms with Crippen LogP contribution in [0.1, 0.15) is 16.7 Å². The van der Waals surface area contributed by atoms with Crippen molar-refractivity contribution in [3.8, 4) is 0 Å². The lowest BCUT2D eigenvalue weighted by Crippen LogP contribution is -2.24. The SMILES string of the molecule is Cc1ccnc(N(C)Cc2cccc(Cl)c2)c1/C(N)=N/O. The van der Waals surface area contributed by atoms with Gasteiger partial charge in [0, 0.05) is 24.8 Å². The average Bonchev–Trinajstić information content (AvgIpc) is 2.46. The first-order valence-corrected chi connectivity index (χ1v) is 6.80. The lowest BCUT2D eigenvalue weighted by atomic mass is 10.1. The van der Waals surface area contributed by atoms with E-state index in [9.17, 15) is 0 Å². The van der Waals surface area contributed by atoms with Gasteiger partial charge in [0.15, 0.2) is 5.84 Å². The summed E-state index contributed by atoms with van der Waals surface area (Å²) < 4.78 is 0. The van der Waals surface area contributed by atoms with Crippen LogP contribution in [0, 0.1) is 6.92 Å². The first kappa shape index (κ1) is 15.1. The molecule has 0 fully saturated rings. The van der Waals surface area contributed by atoms with Gasteiger partial charge in [0.25, 0.3) is 0 Å². The first-order valence-electron chi connectivity index (χ1n) is 6.42. The Morgan fingerprint density at radius 3 is 2.86 bits per heavy atom. The smallest absolute Gasteiger partial charge is 0.174 e. The van der Waals surface area contributed by atoms with E-state index in [4.69, 9.17) is 22.5 Å². The van der Waals surface area contributed by atoms with Crippen LogP contribution in [0.2, 0.25) is 5.02 Å². The summed E-state index contributed by atoms with van der Waals surface area (Å²) in [4.78, 5) is 6.28. The van der Waals surface area contributed by atoms with Crippen LogP contribution in [0.25, 0.3) is 0 Å². The molecule has 0 amide bonds. The van der Waals surface area contributed by atoms with Crippen LogP contribution in [-0.4, -0.2) is 23.1 Å². The Morgan fingerprint density at radius 2 is 2.19 bits per heavy atom. The van der Waals surface area contributed by atoms with E-state index in [-0.39, 0.29) is 5.84 Å². The van der Waals surface area contributed by atoms with Gasteiger partial charge in [0.1, 0.15) is 5.82 Å². The van der Waals surface area contributed by atoms with Gasteiger partial charge in [-0.1, -0.05) is 28.9 Å². The van der Waals surface area contributed by atoms with E-state index in [2.05, 4.69) is 10.1 Å². The number of anilines is 1. The highest BCUT2D eigenvalue weighted by molar-refractivity contribution is 6.30. The van der Waals surface area contributed by atoms with Gasteiger partial charge in [-0.3, -0.25) is 0 Å². The Kier molecular flexibility index (Phi) is 4.65. The molecule has 0 aliphatic carbocycles. The van der Waals surface area contributed by atoms with Crippen LogP contribution < -0.4 is 10.6 Å². The Morgan fingerprint density at radius 1 is 1.43 bits per heavy atom. The molecule has 0 atom stereocenters. The number of nitrogens with two attached hydrogens (primary N) is 1. The maximum Gasteiger partial charge on any atom is 0.174 e. The zero-order chi connectivity index (χ0) is 15.4. The van der Waals surface area contributed by atoms with Crippen molar-refractivity contribution in [1.82, 2.24) is 4.98 Å². The molecule has 0 bridgehead atoms. The van der Waals surface area contributed by atoms with Gasteiger partial charge in [-0.05, 0) is 36.2 Å². The molecule has 6 heteroatoms. The van der Waals surface area contributed by atoms with Gasteiger partial charge in [0.05, 0.1) is 5.56 Å². The number of aryl methyl sites for hydroxylation is 1. The summed E-state index contributed by atoms with van der Waals surface area (Å²) in [5.41, 5.74) is 8.34. The molecule has 0 unspecified atom stereocenters. The van der Waals surface area contributed by atoms with Gasteiger partial charge in [-0.25, -0.2) is 4.98 Å². The van der Waals surface area contributed by atoms with Crippen LogP contribution in [0.15, 0.2) is 41.7 Å². The first-order chi connectivity index (χ1) is 10.0. The molecule has 0 radical (unpaired) electrons. The van der Waals surface area contributed by atoms with Crippen LogP contribution in [0.5, 0.6) is 0 Å². The molecule has 0 aliphatic heterocycles. The van der Waals surface area contributed by atoms with Crippen LogP contribution >= 0.6 is 11.6 Å². The van der Waals surface area contributed by atoms with Gasteiger partial charge < -0.3 is 15.8 Å². The summed E-state index contributed by atoms with van der Waals surface area (Å²) in [6.07, 6.45) is 1.70. The second-order valence-electron chi connectivity index (χ2n) is 4.80. The number of benzene rings is 1. The minimum atomic E-state index is 0.0496. The fraction of sp³-hybridized carbons (Fsp3) is 0.200. The number of rotatable bonds is 4. The maximum atomic E-state index is 8.94. The summed E-state index contributed by atoms with van der Waals surface area (Å²) in [6.45, 7) is 2.51. The summed E-state index contributed by atoms with van der Waals surface area (Å²) in [5.74, 6) is 0.707. The number of oxime groups is 1. The second-order valence-corrected chi connectivity index (χ2v) is 5.23. The topological polar surface area (TPSA) is 74.7 Å². The minimum absolute atomic E-state index is 0.0496. The van der Waals surface area contributed by atoms with Crippen molar-refractivity contribution in [2.24, 2.45) is 10.9 Å². The number of aromatic nitrogens is 1. The number of nitrogens with zero attached hydrogens (tertiary/aromatic N) is 3. The zero-order valence-corrected chi connectivity index (χ0v) is 12.7. The zero-order valence-electron chi connectivity index (χ0n) is 11.9. The minimum Gasteiger partial charge on any atom is -0.409 e. The van der Waals surface area contributed by atoms with Crippen LogP contribution in [0.4, 0.5) is 5.82 Å². The molecule has 5 nitrogen and oxygen atoms in total. The third kappa shape index (κ3) is 3.44. The maximum absolute atomic E-state index is 8.94. The number of hydrogen-bond donors (Lipinski definition) is 2. The van der Waals surface area contributed by atoms with Crippen molar-refractivity contribution in [1.29, 1.82) is 0 Å². The van der Waals surface area contributed by atoms with Gasteiger partial charge in [-0.15, -0.1) is 0 Å². The predicted molar refractivity (Wildman–Crippen MR) is 85.0 cm³/mol. The van der Waals surface area contributed by atoms with Crippen molar-refractivity contribution in [2.45, 2.75) is 13.5 Å². The third-order valence-corrected chi connectivity index (χ3v) is 3.41. The number of halogens is 1. The lowest BCUT2D eigenvalue weighted by Gasteiger charge is -2.22. The number of hydrogen-bond acceptors (Lipinski definition) is 4. The van der Waals surface area contributed by atoms with E-state index in [1.807, 2.05) is 49.2 Å². The van der Waals surface area contributed by atoms with Crippen molar-refractivity contribution >= 4 is 23.3 Å². The van der Waals surface area contributed by atoms with Crippen molar-refractivity contribution in [3.05, 3.63) is 58.2 Å². The van der Waals surface area contributed by atoms with Gasteiger partial charge in [0.2, 0.25) is 0 Å². The van der Waals surface area contributed by atoms with E-state index in [1.54, 1.807) is 6.20 Å². The summed E-state index contributed by atoms with van der Waals surface area (Å²) >= 11 is 6.00. The molecule has 1 aromatic carbocycles. The molecule has 1 aromatic heterocycles. The molecule has 1 heterocycles. The van der Waals surface area contributed by atoms with E-state index in [0.717, 1.165) is 11.1 Å². The molecule has 0 aliphatic rings. The predicted octanol–water partition coefficient (Wildman–Crippen LogP) is 2.77. The second kappa shape index (κ2) is 6.45. The van der Waals surface area contributed by atoms with E-state index in [0.29, 0.717) is 22.9 Å². The molecule has 2 aromatic rings. The monoisotopic (exact) mass is 304 g/mol. The normalized spacial score (nSPS) is 11.5. The molecule has 0 saturated heterocycles. The average molecular weight is 305 g/mol. The quantitative estimate of drug-likeness (QED) is 0.394. The number of amidine groups is 1. The fourth-order valence-corrected chi connectivity index (χ4v) is 2.40. The molecule has 3 N–H and O–H groups in total. The Bertz CT molecular complexity index is 672. The molecular weight excluding hydrogens is 288 g/mol. The van der Waals surface area contributed by atoms with Crippen LogP contribution in [0.3, 0.4) is 0 Å². The Balaban J connectivity index is 2.35. The molecule has 0 spiro atoms. The molecule has 21 heavy (non-hydrogen) atoms. The summed E-state index contributed by atoms with van der Waals surface area (Å²) in [5, 5.41) is 12.7. The van der Waals surface area contributed by atoms with Gasteiger partial charge in [-0.2, -0.15) is 0 Å². The number of pyridine rings is 1. The summed E-state index contributed by atoms with van der Waals surface area (Å²) in [6, 6.07) is 9.44. The lowest BCUT2D eigenvalue weighted by molar-refractivity contribution is 0.318. The highest BCUT2D eigenvalue weighted by Gasteiger charge is 2.15. The van der Waals surface area contributed by atoms with E-state index in [1.165, 1.54) is 0 Å². The standard InChI is InChI=1S/C15H17ClN4O/c1-10-6-7-18-15(13(10)14(17)19-21)20(2)9-11-4-3-5-12(16)8-11/h3-8,21H,9H2,1-2H3,(H2,17,19). The van der Waals surface area contributed by atoms with Crippen molar-refractivity contribution in [3.63, 3.8) is 0 Å². The van der Waals surface area contributed by atoms with Crippen molar-refractivity contribution in [2.75, 3.05) is 11.9 Å². The van der Waals surface area contributed by atoms with E-state index >= 15 is 0 Å². The third-order valence-electron chi connectivity index (χ3n) is 3.17. The molecule has 2 rings (SSSR count). The highest BCUT2D eigenvalue weighted by atomic mass is 35.5. The highest BCUT2D eigenvalue weighted by Crippen LogP contribution is 2.22. The largest absolute Gasteiger partial charge is 0.409 e. The molecular formula is C15H17ClN4O. The fourth-order valence-electron chi connectivity index (χ4n) is 2.18. The van der Waals surface area contributed by atoms with Gasteiger partial charge >= 0.3 is 0 Å². The van der Waals surface area contributed by atoms with Crippen molar-refractivity contribution < 1.29 is 5.21 Å². The summed E-state index contributed by atoms with van der Waals surface area (Å²) in [7, 11) is 1.90.